The predicted molar refractivity (Wildman–Crippen MR) is 70.1 cm³/mol. The van der Waals surface area contributed by atoms with Gasteiger partial charge in [-0.15, -0.1) is 0 Å². The van der Waals surface area contributed by atoms with Gasteiger partial charge in [-0.3, -0.25) is 4.79 Å². The molecule has 0 aromatic heterocycles. The number of hydrogen-bond donors (Lipinski definition) is 1. The van der Waals surface area contributed by atoms with Crippen molar-refractivity contribution in [1.82, 2.24) is 5.32 Å². The molecule has 18 heavy (non-hydrogen) atoms. The summed E-state index contributed by atoms with van der Waals surface area (Å²) in [4.78, 5) is 12.2. The molecule has 2 unspecified atom stereocenters. The summed E-state index contributed by atoms with van der Waals surface area (Å²) in [6.45, 7) is 2.42. The first-order chi connectivity index (χ1) is 8.79. The molecule has 0 radical (unpaired) electrons. The van der Waals surface area contributed by atoms with Gasteiger partial charge < -0.3 is 10.1 Å². The van der Waals surface area contributed by atoms with Crippen LogP contribution in [0.2, 0.25) is 0 Å². The first-order valence-corrected chi connectivity index (χ1v) is 7.72. The minimum Gasteiger partial charge on any atom is -0.466 e. The van der Waals surface area contributed by atoms with Crippen molar-refractivity contribution in [3.8, 4) is 0 Å². The van der Waals surface area contributed by atoms with Gasteiger partial charge in [-0.05, 0) is 50.9 Å². The number of hydrogen-bond acceptors (Lipinski definition) is 3. The van der Waals surface area contributed by atoms with Gasteiger partial charge in [0.1, 0.15) is 0 Å². The fraction of sp³-hybridized carbons (Fsp3) is 0.933. The summed E-state index contributed by atoms with van der Waals surface area (Å²) in [6.07, 6.45) is 9.08. The van der Waals surface area contributed by atoms with Crippen LogP contribution in [0.3, 0.4) is 0 Å². The van der Waals surface area contributed by atoms with Crippen molar-refractivity contribution in [1.29, 1.82) is 0 Å². The third-order valence-electron chi connectivity index (χ3n) is 5.26. The van der Waals surface area contributed by atoms with E-state index in [9.17, 15) is 4.79 Å². The normalized spacial score (nSPS) is 39.4. The second-order valence-electron chi connectivity index (χ2n) is 6.28. The summed E-state index contributed by atoms with van der Waals surface area (Å²) in [6, 6.07) is 1.07. The molecule has 102 valence electrons. The molecule has 0 aromatic carbocycles. The summed E-state index contributed by atoms with van der Waals surface area (Å²) in [5.41, 5.74) is 0. The molecule has 0 heterocycles. The number of nitrogens with one attached hydrogen (secondary N) is 1. The zero-order valence-corrected chi connectivity index (χ0v) is 11.4. The Bertz CT molecular complexity index is 312. The third-order valence-corrected chi connectivity index (χ3v) is 5.26. The predicted octanol–water partition coefficient (Wildman–Crippen LogP) is 2.50. The second kappa shape index (κ2) is 5.20. The lowest BCUT2D eigenvalue weighted by Gasteiger charge is -2.32. The van der Waals surface area contributed by atoms with Gasteiger partial charge in [-0.25, -0.2) is 0 Å². The summed E-state index contributed by atoms with van der Waals surface area (Å²) in [5, 5.41) is 3.80. The van der Waals surface area contributed by atoms with Crippen LogP contribution in [-0.2, 0) is 9.53 Å². The Morgan fingerprint density at radius 3 is 2.61 bits per heavy atom. The Labute approximate surface area is 110 Å². The van der Waals surface area contributed by atoms with Crippen molar-refractivity contribution < 1.29 is 9.53 Å². The van der Waals surface area contributed by atoms with Gasteiger partial charge in [0, 0.05) is 12.1 Å². The molecule has 3 aliphatic rings. The van der Waals surface area contributed by atoms with Gasteiger partial charge in [-0.1, -0.05) is 12.8 Å². The summed E-state index contributed by atoms with van der Waals surface area (Å²) in [5.74, 6) is 1.52. The largest absolute Gasteiger partial charge is 0.466 e. The highest BCUT2D eigenvalue weighted by Gasteiger charge is 2.51. The van der Waals surface area contributed by atoms with Crippen molar-refractivity contribution in [3.63, 3.8) is 0 Å². The van der Waals surface area contributed by atoms with Gasteiger partial charge in [0.15, 0.2) is 0 Å². The highest BCUT2D eigenvalue weighted by Crippen LogP contribution is 2.49. The zero-order valence-electron chi connectivity index (χ0n) is 11.4. The van der Waals surface area contributed by atoms with Crippen LogP contribution in [0.1, 0.15) is 51.9 Å². The third kappa shape index (κ3) is 2.18. The van der Waals surface area contributed by atoms with Crippen LogP contribution in [0, 0.1) is 17.8 Å². The Balaban J connectivity index is 1.67. The molecule has 3 heteroatoms. The first kappa shape index (κ1) is 12.5. The highest BCUT2D eigenvalue weighted by atomic mass is 16.5. The number of fused-ring (bicyclic) bond motifs is 2. The molecule has 3 nitrogen and oxygen atoms in total. The van der Waals surface area contributed by atoms with Crippen LogP contribution in [0.15, 0.2) is 0 Å². The standard InChI is InChI=1S/C15H25NO2/c1-2-18-15(17)13-10-7-8-11(9-10)14(13)16-12-5-3-4-6-12/h10-14,16H,2-9H2,1H3/t10-,11+,13?,14?/m0/s1. The van der Waals surface area contributed by atoms with E-state index in [1.54, 1.807) is 0 Å². The fourth-order valence-electron chi connectivity index (χ4n) is 4.47. The molecule has 4 atom stereocenters. The van der Waals surface area contributed by atoms with Crippen LogP contribution >= 0.6 is 0 Å². The van der Waals surface area contributed by atoms with E-state index in [4.69, 9.17) is 4.74 Å². The molecule has 0 amide bonds. The van der Waals surface area contributed by atoms with Crippen molar-refractivity contribution in [2.75, 3.05) is 6.61 Å². The van der Waals surface area contributed by atoms with Crippen molar-refractivity contribution in [2.24, 2.45) is 17.8 Å². The molecule has 0 aliphatic heterocycles. The van der Waals surface area contributed by atoms with E-state index in [0.29, 0.717) is 24.6 Å². The van der Waals surface area contributed by atoms with Gasteiger partial charge in [0.05, 0.1) is 12.5 Å². The smallest absolute Gasteiger partial charge is 0.310 e. The summed E-state index contributed by atoms with van der Waals surface area (Å²) in [7, 11) is 0. The maximum atomic E-state index is 12.2. The van der Waals surface area contributed by atoms with Crippen molar-refractivity contribution in [2.45, 2.75) is 64.0 Å². The van der Waals surface area contributed by atoms with E-state index in [0.717, 1.165) is 5.92 Å². The van der Waals surface area contributed by atoms with E-state index in [1.807, 2.05) is 6.92 Å². The van der Waals surface area contributed by atoms with E-state index in [1.165, 1.54) is 44.9 Å². The molecule has 0 aromatic rings. The quantitative estimate of drug-likeness (QED) is 0.780. The Hall–Kier alpha value is -0.570. The minimum absolute atomic E-state index is 0.0557. The van der Waals surface area contributed by atoms with E-state index in [-0.39, 0.29) is 11.9 Å². The highest BCUT2D eigenvalue weighted by molar-refractivity contribution is 5.74. The van der Waals surface area contributed by atoms with Crippen LogP contribution in [0.25, 0.3) is 0 Å². The monoisotopic (exact) mass is 251 g/mol. The molecule has 3 fully saturated rings. The number of esters is 1. The molecule has 1 N–H and O–H groups in total. The van der Waals surface area contributed by atoms with Gasteiger partial charge in [-0.2, -0.15) is 0 Å². The first-order valence-electron chi connectivity index (χ1n) is 7.72. The topological polar surface area (TPSA) is 38.3 Å². The lowest BCUT2D eigenvalue weighted by molar-refractivity contribution is -0.150. The number of rotatable bonds is 4. The van der Waals surface area contributed by atoms with Gasteiger partial charge in [0.2, 0.25) is 0 Å². The molecule has 0 spiro atoms. The van der Waals surface area contributed by atoms with Gasteiger partial charge in [0.25, 0.3) is 0 Å². The van der Waals surface area contributed by atoms with E-state index >= 15 is 0 Å². The van der Waals surface area contributed by atoms with Crippen LogP contribution < -0.4 is 5.32 Å². The second-order valence-corrected chi connectivity index (χ2v) is 6.28. The van der Waals surface area contributed by atoms with E-state index in [2.05, 4.69) is 5.32 Å². The number of carbonyl (C=O) groups excluding carboxylic acids is 1. The summed E-state index contributed by atoms with van der Waals surface area (Å²) >= 11 is 0. The molecule has 3 rings (SSSR count). The lowest BCUT2D eigenvalue weighted by Crippen LogP contribution is -2.48. The number of ether oxygens (including phenoxy) is 1. The van der Waals surface area contributed by atoms with Crippen LogP contribution in [0.4, 0.5) is 0 Å². The average Bonchev–Trinajstić information content (AvgIpc) is 3.04. The van der Waals surface area contributed by atoms with Gasteiger partial charge >= 0.3 is 5.97 Å². The molecule has 2 bridgehead atoms. The average molecular weight is 251 g/mol. The van der Waals surface area contributed by atoms with E-state index < -0.39 is 0 Å². The lowest BCUT2D eigenvalue weighted by atomic mass is 9.84. The SMILES string of the molecule is CCOC(=O)C1C(NC2CCCC2)[C@@H]2CC[C@H]1C2. The molecule has 0 saturated heterocycles. The number of carbonyl (C=O) groups is 1. The maximum absolute atomic E-state index is 12.2. The van der Waals surface area contributed by atoms with Crippen LogP contribution in [0.5, 0.6) is 0 Å². The van der Waals surface area contributed by atoms with Crippen molar-refractivity contribution in [3.05, 3.63) is 0 Å². The Morgan fingerprint density at radius 2 is 1.89 bits per heavy atom. The Morgan fingerprint density at radius 1 is 1.17 bits per heavy atom. The molecular weight excluding hydrogens is 226 g/mol. The molecule has 3 saturated carbocycles. The molecular formula is C15H25NO2. The minimum atomic E-state index is 0.0557. The summed E-state index contributed by atoms with van der Waals surface area (Å²) < 4.78 is 5.29. The maximum Gasteiger partial charge on any atom is 0.310 e. The molecule has 3 aliphatic carbocycles. The zero-order chi connectivity index (χ0) is 12.5. The van der Waals surface area contributed by atoms with Crippen LogP contribution in [-0.4, -0.2) is 24.7 Å². The van der Waals surface area contributed by atoms with Crippen molar-refractivity contribution >= 4 is 5.97 Å². The fourth-order valence-corrected chi connectivity index (χ4v) is 4.47. The Kier molecular flexibility index (Phi) is 3.60.